The van der Waals surface area contributed by atoms with Crippen LogP contribution in [0.3, 0.4) is 0 Å². The van der Waals surface area contributed by atoms with Gasteiger partial charge in [0.2, 0.25) is 5.91 Å². The van der Waals surface area contributed by atoms with E-state index < -0.39 is 5.82 Å². The summed E-state index contributed by atoms with van der Waals surface area (Å²) in [6, 6.07) is 12.9. The fraction of sp³-hybridized carbons (Fsp3) is 0.107. The molecule has 0 aliphatic heterocycles. The molecule has 6 rings (SSSR count). The molecule has 0 saturated carbocycles. The normalized spacial score (nSPS) is 11.5. The van der Waals surface area contributed by atoms with Gasteiger partial charge in [-0.2, -0.15) is 5.10 Å². The van der Waals surface area contributed by atoms with Crippen LogP contribution in [-0.2, 0) is 4.79 Å². The van der Waals surface area contributed by atoms with Crippen LogP contribution >= 0.6 is 0 Å². The first kappa shape index (κ1) is 23.4. The van der Waals surface area contributed by atoms with Gasteiger partial charge in [-0.05, 0) is 24.3 Å². The molecular formula is C28H21F2N7O. The molecule has 10 heteroatoms. The van der Waals surface area contributed by atoms with E-state index >= 15 is 4.39 Å². The second-order valence-corrected chi connectivity index (χ2v) is 9.18. The molecule has 0 saturated heterocycles. The average molecular weight is 510 g/mol. The first-order chi connectivity index (χ1) is 18.4. The molecule has 0 fully saturated rings. The first-order valence-corrected chi connectivity index (χ1v) is 11.9. The minimum atomic E-state index is -0.477. The molecule has 0 atom stereocenters. The Bertz CT molecular complexity index is 1840. The van der Waals surface area contributed by atoms with Crippen molar-refractivity contribution in [2.75, 3.05) is 5.32 Å². The topological polar surface area (TPSA) is 112 Å². The number of rotatable bonds is 5. The number of nitrogens with one attached hydrogen (secondary N) is 3. The quantitative estimate of drug-likeness (QED) is 0.260. The lowest BCUT2D eigenvalue weighted by atomic mass is 10.0. The van der Waals surface area contributed by atoms with E-state index in [-0.39, 0.29) is 23.2 Å². The van der Waals surface area contributed by atoms with E-state index in [9.17, 15) is 9.18 Å². The van der Waals surface area contributed by atoms with E-state index in [2.05, 4.69) is 35.5 Å². The van der Waals surface area contributed by atoms with Crippen LogP contribution in [0.1, 0.15) is 13.8 Å². The van der Waals surface area contributed by atoms with Crippen LogP contribution in [0.5, 0.6) is 0 Å². The summed E-state index contributed by atoms with van der Waals surface area (Å²) in [6.45, 7) is 3.57. The van der Waals surface area contributed by atoms with Crippen molar-refractivity contribution in [3.05, 3.63) is 78.8 Å². The minimum absolute atomic E-state index is 0.162. The van der Waals surface area contributed by atoms with Crippen LogP contribution in [-0.4, -0.2) is 36.0 Å². The van der Waals surface area contributed by atoms with Gasteiger partial charge < -0.3 is 10.3 Å². The lowest BCUT2D eigenvalue weighted by Crippen LogP contribution is -2.17. The number of hydrogen-bond donors (Lipinski definition) is 3. The summed E-state index contributed by atoms with van der Waals surface area (Å²) in [6.07, 6.45) is 4.61. The number of amides is 1. The lowest BCUT2D eigenvalue weighted by molar-refractivity contribution is -0.118. The van der Waals surface area contributed by atoms with Crippen molar-refractivity contribution >= 4 is 33.7 Å². The molecule has 0 spiro atoms. The number of pyridine rings is 2. The number of nitrogens with zero attached hydrogens (tertiary/aromatic N) is 4. The number of aromatic amines is 2. The predicted octanol–water partition coefficient (Wildman–Crippen LogP) is 6.10. The molecule has 0 aliphatic rings. The second-order valence-electron chi connectivity index (χ2n) is 9.18. The van der Waals surface area contributed by atoms with Gasteiger partial charge >= 0.3 is 0 Å². The third-order valence-electron chi connectivity index (χ3n) is 6.27. The van der Waals surface area contributed by atoms with E-state index in [4.69, 9.17) is 0 Å². The summed E-state index contributed by atoms with van der Waals surface area (Å²) in [7, 11) is 0. The molecule has 8 nitrogen and oxygen atoms in total. The fourth-order valence-corrected chi connectivity index (χ4v) is 4.31. The van der Waals surface area contributed by atoms with Crippen molar-refractivity contribution in [3.63, 3.8) is 0 Å². The Labute approximate surface area is 215 Å². The predicted molar refractivity (Wildman–Crippen MR) is 141 cm³/mol. The fourth-order valence-electron chi connectivity index (χ4n) is 4.31. The number of H-pyrrole nitrogens is 2. The number of carbonyl (C=O) groups excluding carboxylic acids is 1. The zero-order chi connectivity index (χ0) is 26.4. The van der Waals surface area contributed by atoms with Crippen LogP contribution in [0.25, 0.3) is 55.8 Å². The molecule has 0 aliphatic carbocycles. The van der Waals surface area contributed by atoms with Gasteiger partial charge in [0.25, 0.3) is 0 Å². The molecule has 4 aromatic heterocycles. The summed E-state index contributed by atoms with van der Waals surface area (Å²) in [5.41, 5.74) is 4.17. The molecule has 0 unspecified atom stereocenters. The zero-order valence-corrected chi connectivity index (χ0v) is 20.4. The van der Waals surface area contributed by atoms with E-state index in [1.165, 1.54) is 24.5 Å². The maximum Gasteiger partial charge on any atom is 0.226 e. The van der Waals surface area contributed by atoms with Crippen LogP contribution in [0.15, 0.2) is 67.1 Å². The maximum absolute atomic E-state index is 15.2. The van der Waals surface area contributed by atoms with Crippen molar-refractivity contribution in [2.24, 2.45) is 5.92 Å². The highest BCUT2D eigenvalue weighted by atomic mass is 19.1. The van der Waals surface area contributed by atoms with E-state index in [0.29, 0.717) is 56.0 Å². The standard InChI is InChI=1S/C28H21F2N7O/c1-14(2)28(38)33-16-9-15(12-31-13-16)19-10-20-23(11-22(19)30)36-37-25(20)27-34-24-18(7-8-32-26(24)35-27)17-5-3-4-6-21(17)29/h3-14H,1-2H3,(H,33,38)(H,36,37)(H,32,34,35). The third kappa shape index (κ3) is 4.05. The minimum Gasteiger partial charge on any atom is -0.335 e. The highest BCUT2D eigenvalue weighted by molar-refractivity contribution is 5.98. The smallest absolute Gasteiger partial charge is 0.226 e. The lowest BCUT2D eigenvalue weighted by Gasteiger charge is -2.09. The summed E-state index contributed by atoms with van der Waals surface area (Å²) in [4.78, 5) is 28.4. The molecule has 38 heavy (non-hydrogen) atoms. The summed E-state index contributed by atoms with van der Waals surface area (Å²) < 4.78 is 29.7. The zero-order valence-electron chi connectivity index (χ0n) is 20.4. The maximum atomic E-state index is 15.2. The van der Waals surface area contributed by atoms with E-state index in [0.717, 1.165) is 0 Å². The number of fused-ring (bicyclic) bond motifs is 2. The Morgan fingerprint density at radius 1 is 0.974 bits per heavy atom. The average Bonchev–Trinajstić information content (AvgIpc) is 3.52. The Balaban J connectivity index is 1.45. The van der Waals surface area contributed by atoms with Crippen molar-refractivity contribution in [1.29, 1.82) is 0 Å². The van der Waals surface area contributed by atoms with Crippen LogP contribution < -0.4 is 5.32 Å². The largest absolute Gasteiger partial charge is 0.335 e. The summed E-state index contributed by atoms with van der Waals surface area (Å²) in [5, 5.41) is 10.6. The monoisotopic (exact) mass is 509 g/mol. The molecule has 0 bridgehead atoms. The number of imidazole rings is 1. The van der Waals surface area contributed by atoms with E-state index in [1.807, 2.05) is 0 Å². The number of halogens is 2. The number of hydrogen-bond acceptors (Lipinski definition) is 5. The van der Waals surface area contributed by atoms with Crippen LogP contribution in [0.4, 0.5) is 14.5 Å². The first-order valence-electron chi connectivity index (χ1n) is 11.9. The molecular weight excluding hydrogens is 488 g/mol. The van der Waals surface area contributed by atoms with Gasteiger partial charge in [0.1, 0.15) is 17.3 Å². The van der Waals surface area contributed by atoms with Gasteiger partial charge in [-0.25, -0.2) is 18.7 Å². The molecule has 1 amide bonds. The van der Waals surface area contributed by atoms with Gasteiger partial charge in [-0.1, -0.05) is 32.0 Å². The second kappa shape index (κ2) is 9.15. The van der Waals surface area contributed by atoms with Gasteiger partial charge in [0.05, 0.1) is 22.9 Å². The SMILES string of the molecule is CC(C)C(=O)Nc1cncc(-c2cc3c(-c4nc5nccc(-c6ccccc6F)c5[nH]4)n[nH]c3cc2F)c1. The number of anilines is 1. The van der Waals surface area contributed by atoms with Gasteiger partial charge in [0.15, 0.2) is 11.5 Å². The van der Waals surface area contributed by atoms with Crippen molar-refractivity contribution in [3.8, 4) is 33.8 Å². The Morgan fingerprint density at radius 3 is 2.63 bits per heavy atom. The Morgan fingerprint density at radius 2 is 1.82 bits per heavy atom. The van der Waals surface area contributed by atoms with Gasteiger partial charge in [0, 0.05) is 52.0 Å². The Hall–Kier alpha value is -4.99. The highest BCUT2D eigenvalue weighted by Gasteiger charge is 2.19. The highest BCUT2D eigenvalue weighted by Crippen LogP contribution is 2.34. The van der Waals surface area contributed by atoms with Crippen LogP contribution in [0, 0.1) is 17.6 Å². The molecule has 3 N–H and O–H groups in total. The third-order valence-corrected chi connectivity index (χ3v) is 6.27. The summed E-state index contributed by atoms with van der Waals surface area (Å²) >= 11 is 0. The molecule has 4 heterocycles. The van der Waals surface area contributed by atoms with E-state index in [1.54, 1.807) is 56.4 Å². The molecule has 2 aromatic carbocycles. The molecule has 0 radical (unpaired) electrons. The van der Waals surface area contributed by atoms with Crippen molar-refractivity contribution in [1.82, 2.24) is 30.1 Å². The summed E-state index contributed by atoms with van der Waals surface area (Å²) in [5.74, 6) is -0.810. The Kier molecular flexibility index (Phi) is 5.64. The van der Waals surface area contributed by atoms with Gasteiger partial charge in [-0.15, -0.1) is 0 Å². The van der Waals surface area contributed by atoms with Gasteiger partial charge in [-0.3, -0.25) is 14.9 Å². The number of carbonyl (C=O) groups is 1. The number of aromatic nitrogens is 6. The molecule has 188 valence electrons. The number of benzene rings is 2. The van der Waals surface area contributed by atoms with Crippen LogP contribution in [0.2, 0.25) is 0 Å². The van der Waals surface area contributed by atoms with Crippen molar-refractivity contribution in [2.45, 2.75) is 13.8 Å². The van der Waals surface area contributed by atoms with Crippen molar-refractivity contribution < 1.29 is 13.6 Å². The molecule has 6 aromatic rings.